The molecule has 0 aromatic heterocycles. The second-order valence-electron chi connectivity index (χ2n) is 1.99. The van der Waals surface area contributed by atoms with Gasteiger partial charge in [0.2, 0.25) is 0 Å². The molecule has 0 amide bonds. The number of hydrogen-bond acceptors (Lipinski definition) is 4. The molecule has 1 fully saturated rings. The Hall–Kier alpha value is -0.160. The van der Waals surface area contributed by atoms with E-state index in [-0.39, 0.29) is 0 Å². The van der Waals surface area contributed by atoms with Crippen LogP contribution >= 0.6 is 0 Å². The predicted octanol–water partition coefficient (Wildman–Crippen LogP) is -0.940. The summed E-state index contributed by atoms with van der Waals surface area (Å²) in [6, 6.07) is 0. The van der Waals surface area contributed by atoms with E-state index in [0.29, 0.717) is 13.0 Å². The van der Waals surface area contributed by atoms with Gasteiger partial charge in [0.25, 0.3) is 0 Å². The summed E-state index contributed by atoms with van der Waals surface area (Å²) >= 11 is 0. The Morgan fingerprint density at radius 1 is 1.78 bits per heavy atom. The van der Waals surface area contributed by atoms with Gasteiger partial charge in [0.15, 0.2) is 0 Å². The van der Waals surface area contributed by atoms with Crippen LogP contribution in [-0.2, 0) is 9.47 Å². The average Bonchev–Trinajstić information content (AvgIpc) is 2.15. The Labute approximate surface area is 53.0 Å². The van der Waals surface area contributed by atoms with Gasteiger partial charge in [-0.05, 0) is 0 Å². The van der Waals surface area contributed by atoms with Crippen LogP contribution in [0.3, 0.4) is 0 Å². The molecule has 0 aromatic rings. The van der Waals surface area contributed by atoms with Crippen LogP contribution in [0, 0.1) is 0 Å². The second kappa shape index (κ2) is 2.22. The van der Waals surface area contributed by atoms with Crippen molar-refractivity contribution in [3.63, 3.8) is 0 Å². The monoisotopic (exact) mass is 134 g/mol. The third kappa shape index (κ3) is 1.07. The van der Waals surface area contributed by atoms with Gasteiger partial charge in [-0.3, -0.25) is 0 Å². The van der Waals surface area contributed by atoms with Crippen molar-refractivity contribution in [3.8, 4) is 0 Å². The van der Waals surface area contributed by atoms with Crippen LogP contribution in [0.5, 0.6) is 0 Å². The van der Waals surface area contributed by atoms with Gasteiger partial charge in [-0.25, -0.2) is 0 Å². The normalized spacial score (nSPS) is 43.7. The van der Waals surface area contributed by atoms with E-state index in [1.807, 2.05) is 0 Å². The fraction of sp³-hybridized carbons (Fsp3) is 1.00. The van der Waals surface area contributed by atoms with E-state index in [0.717, 1.165) is 0 Å². The van der Waals surface area contributed by atoms with E-state index in [1.165, 1.54) is 7.11 Å². The minimum absolute atomic E-state index is 0.339. The molecule has 0 spiro atoms. The van der Waals surface area contributed by atoms with Crippen molar-refractivity contribution < 1.29 is 19.7 Å². The lowest BCUT2D eigenvalue weighted by Crippen LogP contribution is -2.40. The van der Waals surface area contributed by atoms with E-state index in [9.17, 15) is 0 Å². The number of rotatable bonds is 1. The maximum absolute atomic E-state index is 9.07. The van der Waals surface area contributed by atoms with Gasteiger partial charge < -0.3 is 19.7 Å². The number of hydrogen-bond donors (Lipinski definition) is 2. The van der Waals surface area contributed by atoms with Gasteiger partial charge >= 0.3 is 5.97 Å². The van der Waals surface area contributed by atoms with Crippen LogP contribution in [0.25, 0.3) is 0 Å². The fourth-order valence-electron chi connectivity index (χ4n) is 0.790. The minimum Gasteiger partial charge on any atom is -0.385 e. The molecule has 1 heterocycles. The predicted molar refractivity (Wildman–Crippen MR) is 28.5 cm³/mol. The summed E-state index contributed by atoms with van der Waals surface area (Å²) in [4.78, 5) is 0. The lowest BCUT2D eigenvalue weighted by Gasteiger charge is -2.22. The molecule has 2 N–H and O–H groups in total. The van der Waals surface area contributed by atoms with E-state index < -0.39 is 12.1 Å². The summed E-state index contributed by atoms with van der Waals surface area (Å²) in [6.07, 6.45) is -0.493. The number of ether oxygens (including phenoxy) is 2. The third-order valence-corrected chi connectivity index (χ3v) is 1.41. The van der Waals surface area contributed by atoms with E-state index in [1.54, 1.807) is 0 Å². The van der Waals surface area contributed by atoms with Crippen molar-refractivity contribution in [2.24, 2.45) is 0 Å². The number of aliphatic hydroxyl groups is 2. The molecule has 1 saturated heterocycles. The zero-order chi connectivity index (χ0) is 6.91. The zero-order valence-corrected chi connectivity index (χ0v) is 5.20. The molecule has 54 valence electrons. The third-order valence-electron chi connectivity index (χ3n) is 1.41. The van der Waals surface area contributed by atoms with Crippen LogP contribution in [0.2, 0.25) is 0 Å². The summed E-state index contributed by atoms with van der Waals surface area (Å²) in [5, 5.41) is 18.0. The van der Waals surface area contributed by atoms with Gasteiger partial charge in [0.05, 0.1) is 6.61 Å². The molecule has 0 bridgehead atoms. The smallest absolute Gasteiger partial charge is 0.307 e. The molecular formula is C5H10O4. The fourth-order valence-corrected chi connectivity index (χ4v) is 0.790. The lowest BCUT2D eigenvalue weighted by atomic mass is 10.3. The molecule has 1 aliphatic heterocycles. The van der Waals surface area contributed by atoms with Gasteiger partial charge in [0.1, 0.15) is 6.10 Å². The van der Waals surface area contributed by atoms with E-state index in [4.69, 9.17) is 10.2 Å². The summed E-state index contributed by atoms with van der Waals surface area (Å²) in [7, 11) is 1.29. The van der Waals surface area contributed by atoms with Crippen LogP contribution in [0.4, 0.5) is 0 Å². The zero-order valence-electron chi connectivity index (χ0n) is 5.20. The molecule has 4 nitrogen and oxygen atoms in total. The lowest BCUT2D eigenvalue weighted by molar-refractivity contribution is -0.356. The van der Waals surface area contributed by atoms with Gasteiger partial charge in [-0.15, -0.1) is 0 Å². The molecule has 0 saturated carbocycles. The van der Waals surface area contributed by atoms with Crippen LogP contribution in [0.1, 0.15) is 6.42 Å². The van der Waals surface area contributed by atoms with Gasteiger partial charge in [-0.1, -0.05) is 0 Å². The van der Waals surface area contributed by atoms with E-state index in [2.05, 4.69) is 9.47 Å². The summed E-state index contributed by atoms with van der Waals surface area (Å²) in [6.45, 7) is 0.339. The maximum Gasteiger partial charge on any atom is 0.307 e. The summed E-state index contributed by atoms with van der Waals surface area (Å²) in [5.74, 6) is -1.75. The first kappa shape index (κ1) is 6.95. The maximum atomic E-state index is 9.07. The Bertz CT molecular complexity index is 105. The molecule has 2 atom stereocenters. The van der Waals surface area contributed by atoms with Crippen molar-refractivity contribution in [2.75, 3.05) is 13.7 Å². The van der Waals surface area contributed by atoms with Crippen LogP contribution < -0.4 is 0 Å². The molecule has 9 heavy (non-hydrogen) atoms. The topological polar surface area (TPSA) is 58.9 Å². The SMILES string of the molecule is COC1(O)OCCC1O. The Morgan fingerprint density at radius 3 is 2.67 bits per heavy atom. The highest BCUT2D eigenvalue weighted by Gasteiger charge is 2.42. The Kier molecular flexibility index (Phi) is 1.72. The number of aliphatic hydroxyl groups excluding tert-OH is 1. The quantitative estimate of drug-likeness (QED) is 0.454. The molecule has 0 radical (unpaired) electrons. The largest absolute Gasteiger partial charge is 0.385 e. The highest BCUT2D eigenvalue weighted by Crippen LogP contribution is 2.23. The van der Waals surface area contributed by atoms with Crippen molar-refractivity contribution >= 4 is 0 Å². The Morgan fingerprint density at radius 2 is 2.44 bits per heavy atom. The van der Waals surface area contributed by atoms with E-state index >= 15 is 0 Å². The Balaban J connectivity index is 2.56. The van der Waals surface area contributed by atoms with Crippen LogP contribution in [-0.4, -0.2) is 36.0 Å². The molecule has 1 aliphatic rings. The minimum atomic E-state index is -1.75. The molecule has 4 heteroatoms. The molecule has 1 rings (SSSR count). The average molecular weight is 134 g/mol. The number of methoxy groups -OCH3 is 1. The summed E-state index contributed by atoms with van der Waals surface area (Å²) in [5.41, 5.74) is 0. The molecule has 2 unspecified atom stereocenters. The molecular weight excluding hydrogens is 124 g/mol. The van der Waals surface area contributed by atoms with Crippen molar-refractivity contribution in [2.45, 2.75) is 18.5 Å². The van der Waals surface area contributed by atoms with Gasteiger partial charge in [0, 0.05) is 13.5 Å². The highest BCUT2D eigenvalue weighted by molar-refractivity contribution is 4.73. The van der Waals surface area contributed by atoms with Gasteiger partial charge in [-0.2, -0.15) is 0 Å². The second-order valence-corrected chi connectivity index (χ2v) is 1.99. The van der Waals surface area contributed by atoms with Crippen LogP contribution in [0.15, 0.2) is 0 Å². The molecule has 0 aliphatic carbocycles. The summed E-state index contributed by atoms with van der Waals surface area (Å²) < 4.78 is 9.18. The highest BCUT2D eigenvalue weighted by atomic mass is 16.8. The van der Waals surface area contributed by atoms with Crippen molar-refractivity contribution in [3.05, 3.63) is 0 Å². The standard InChI is InChI=1S/C5H10O4/c1-8-5(7)4(6)2-3-9-5/h4,6-7H,2-3H2,1H3. The molecule has 0 aromatic carbocycles. The van der Waals surface area contributed by atoms with Crippen molar-refractivity contribution in [1.29, 1.82) is 0 Å². The first-order chi connectivity index (χ1) is 4.19. The first-order valence-electron chi connectivity index (χ1n) is 2.78. The first-order valence-corrected chi connectivity index (χ1v) is 2.78. The van der Waals surface area contributed by atoms with Crippen molar-refractivity contribution in [1.82, 2.24) is 0 Å².